The van der Waals surface area contributed by atoms with E-state index < -0.39 is 0 Å². The lowest BCUT2D eigenvalue weighted by atomic mass is 9.92. The molecule has 3 unspecified atom stereocenters. The first-order valence-corrected chi connectivity index (χ1v) is 8.22. The zero-order valence-electron chi connectivity index (χ0n) is 12.9. The van der Waals surface area contributed by atoms with Gasteiger partial charge in [0.25, 0.3) is 0 Å². The van der Waals surface area contributed by atoms with E-state index in [0.717, 1.165) is 19.3 Å². The van der Waals surface area contributed by atoms with Crippen molar-refractivity contribution >= 4 is 0 Å². The fraction of sp³-hybridized carbons (Fsp3) is 0.667. The second-order valence-corrected chi connectivity index (χ2v) is 6.25. The van der Waals surface area contributed by atoms with Gasteiger partial charge in [-0.1, -0.05) is 37.6 Å². The zero-order chi connectivity index (χ0) is 14.4. The molecule has 1 saturated carbocycles. The SMILES string of the molecule is CCCCc1ccc(C(C)NC2CCCC(O)C2)cc1. The molecule has 1 aromatic rings. The van der Waals surface area contributed by atoms with Crippen LogP contribution < -0.4 is 5.32 Å². The molecule has 2 N–H and O–H groups in total. The highest BCUT2D eigenvalue weighted by atomic mass is 16.3. The highest BCUT2D eigenvalue weighted by Gasteiger charge is 2.21. The Morgan fingerprint density at radius 1 is 1.25 bits per heavy atom. The molecule has 0 saturated heterocycles. The van der Waals surface area contributed by atoms with Gasteiger partial charge in [0.05, 0.1) is 6.10 Å². The molecule has 0 radical (unpaired) electrons. The van der Waals surface area contributed by atoms with Crippen molar-refractivity contribution in [3.8, 4) is 0 Å². The summed E-state index contributed by atoms with van der Waals surface area (Å²) in [4.78, 5) is 0. The molecule has 0 spiro atoms. The van der Waals surface area contributed by atoms with Gasteiger partial charge in [-0.2, -0.15) is 0 Å². The number of aliphatic hydroxyl groups excluding tert-OH is 1. The molecular formula is C18H29NO. The van der Waals surface area contributed by atoms with E-state index in [1.54, 1.807) is 0 Å². The van der Waals surface area contributed by atoms with Gasteiger partial charge in [0.2, 0.25) is 0 Å². The van der Waals surface area contributed by atoms with Crippen LogP contribution in [0.15, 0.2) is 24.3 Å². The second kappa shape index (κ2) is 7.80. The molecule has 0 bridgehead atoms. The molecule has 1 fully saturated rings. The van der Waals surface area contributed by atoms with Crippen LogP contribution in [-0.2, 0) is 6.42 Å². The minimum Gasteiger partial charge on any atom is -0.393 e. The van der Waals surface area contributed by atoms with Gasteiger partial charge in [-0.15, -0.1) is 0 Å². The first kappa shape index (κ1) is 15.5. The molecule has 2 heteroatoms. The third-order valence-corrected chi connectivity index (χ3v) is 4.43. The quantitative estimate of drug-likeness (QED) is 0.823. The van der Waals surface area contributed by atoms with E-state index in [0.29, 0.717) is 12.1 Å². The Morgan fingerprint density at radius 2 is 2.00 bits per heavy atom. The summed E-state index contributed by atoms with van der Waals surface area (Å²) in [5, 5.41) is 13.4. The number of nitrogens with one attached hydrogen (secondary N) is 1. The maximum atomic E-state index is 9.74. The van der Waals surface area contributed by atoms with Gasteiger partial charge in [0.1, 0.15) is 0 Å². The van der Waals surface area contributed by atoms with Crippen LogP contribution in [0.1, 0.15) is 69.5 Å². The van der Waals surface area contributed by atoms with Crippen LogP contribution in [0, 0.1) is 0 Å². The van der Waals surface area contributed by atoms with Crippen LogP contribution in [-0.4, -0.2) is 17.3 Å². The summed E-state index contributed by atoms with van der Waals surface area (Å²) >= 11 is 0. The predicted octanol–water partition coefficient (Wildman–Crippen LogP) is 3.98. The summed E-state index contributed by atoms with van der Waals surface area (Å²) in [7, 11) is 0. The van der Waals surface area contributed by atoms with Crippen LogP contribution in [0.4, 0.5) is 0 Å². The Balaban J connectivity index is 1.86. The smallest absolute Gasteiger partial charge is 0.0555 e. The Morgan fingerprint density at radius 3 is 2.65 bits per heavy atom. The Bertz CT molecular complexity index is 387. The minimum atomic E-state index is -0.107. The zero-order valence-corrected chi connectivity index (χ0v) is 12.9. The molecule has 0 aromatic heterocycles. The third-order valence-electron chi connectivity index (χ3n) is 4.43. The first-order valence-electron chi connectivity index (χ1n) is 8.22. The number of rotatable bonds is 6. The molecule has 2 rings (SSSR count). The van der Waals surface area contributed by atoms with Crippen molar-refractivity contribution in [2.45, 2.75) is 77.0 Å². The van der Waals surface area contributed by atoms with Gasteiger partial charge in [-0.25, -0.2) is 0 Å². The molecule has 1 aliphatic carbocycles. The third kappa shape index (κ3) is 4.60. The minimum absolute atomic E-state index is 0.107. The van der Waals surface area contributed by atoms with Gasteiger partial charge >= 0.3 is 0 Å². The number of hydrogen-bond acceptors (Lipinski definition) is 2. The molecule has 3 atom stereocenters. The van der Waals surface area contributed by atoms with E-state index in [1.807, 2.05) is 0 Å². The van der Waals surface area contributed by atoms with Crippen LogP contribution in [0.25, 0.3) is 0 Å². The van der Waals surface area contributed by atoms with E-state index in [2.05, 4.69) is 43.4 Å². The number of unbranched alkanes of at least 4 members (excludes halogenated alkanes) is 1. The van der Waals surface area contributed by atoms with Crippen LogP contribution >= 0.6 is 0 Å². The monoisotopic (exact) mass is 275 g/mol. The number of hydrogen-bond donors (Lipinski definition) is 2. The van der Waals surface area contributed by atoms with Crippen LogP contribution in [0.3, 0.4) is 0 Å². The summed E-state index contributed by atoms with van der Waals surface area (Å²) in [5.74, 6) is 0. The topological polar surface area (TPSA) is 32.3 Å². The lowest BCUT2D eigenvalue weighted by Gasteiger charge is -2.29. The molecule has 0 aliphatic heterocycles. The van der Waals surface area contributed by atoms with E-state index in [9.17, 15) is 5.11 Å². The Kier molecular flexibility index (Phi) is 6.06. The van der Waals surface area contributed by atoms with Crippen molar-refractivity contribution in [3.05, 3.63) is 35.4 Å². The molecule has 1 aliphatic rings. The van der Waals surface area contributed by atoms with Gasteiger partial charge in [0.15, 0.2) is 0 Å². The molecule has 0 heterocycles. The molecular weight excluding hydrogens is 246 g/mol. The summed E-state index contributed by atoms with van der Waals surface area (Å²) in [6.07, 6.45) is 7.81. The van der Waals surface area contributed by atoms with E-state index in [-0.39, 0.29) is 6.10 Å². The van der Waals surface area contributed by atoms with Crippen molar-refractivity contribution in [2.24, 2.45) is 0 Å². The lowest BCUT2D eigenvalue weighted by Crippen LogP contribution is -2.37. The molecule has 20 heavy (non-hydrogen) atoms. The van der Waals surface area contributed by atoms with Crippen molar-refractivity contribution in [3.63, 3.8) is 0 Å². The Hall–Kier alpha value is -0.860. The number of aliphatic hydroxyl groups is 1. The van der Waals surface area contributed by atoms with Crippen molar-refractivity contribution in [1.29, 1.82) is 0 Å². The lowest BCUT2D eigenvalue weighted by molar-refractivity contribution is 0.109. The number of benzene rings is 1. The molecule has 1 aromatic carbocycles. The Labute approximate surface area is 123 Å². The normalized spacial score (nSPS) is 24.6. The molecule has 2 nitrogen and oxygen atoms in total. The van der Waals surface area contributed by atoms with Crippen molar-refractivity contribution < 1.29 is 5.11 Å². The average Bonchev–Trinajstić information content (AvgIpc) is 2.45. The standard InChI is InChI=1S/C18H29NO/c1-3-4-6-15-9-11-16(12-10-15)14(2)19-17-7-5-8-18(20)13-17/h9-12,14,17-20H,3-8,13H2,1-2H3. The van der Waals surface area contributed by atoms with Crippen LogP contribution in [0.2, 0.25) is 0 Å². The van der Waals surface area contributed by atoms with E-state index >= 15 is 0 Å². The van der Waals surface area contributed by atoms with Gasteiger partial charge < -0.3 is 10.4 Å². The second-order valence-electron chi connectivity index (χ2n) is 6.25. The summed E-state index contributed by atoms with van der Waals surface area (Å²) in [6.45, 7) is 4.46. The summed E-state index contributed by atoms with van der Waals surface area (Å²) < 4.78 is 0. The first-order chi connectivity index (χ1) is 9.69. The van der Waals surface area contributed by atoms with Gasteiger partial charge in [-0.3, -0.25) is 0 Å². The van der Waals surface area contributed by atoms with Crippen molar-refractivity contribution in [1.82, 2.24) is 5.32 Å². The average molecular weight is 275 g/mol. The van der Waals surface area contributed by atoms with Crippen LogP contribution in [0.5, 0.6) is 0 Å². The van der Waals surface area contributed by atoms with E-state index in [1.165, 1.54) is 36.8 Å². The maximum absolute atomic E-state index is 9.74. The highest BCUT2D eigenvalue weighted by Crippen LogP contribution is 2.22. The molecule has 0 amide bonds. The largest absolute Gasteiger partial charge is 0.393 e. The van der Waals surface area contributed by atoms with E-state index in [4.69, 9.17) is 0 Å². The summed E-state index contributed by atoms with van der Waals surface area (Å²) in [5.41, 5.74) is 2.79. The van der Waals surface area contributed by atoms with Gasteiger partial charge in [0, 0.05) is 12.1 Å². The fourth-order valence-electron chi connectivity index (χ4n) is 3.12. The highest BCUT2D eigenvalue weighted by molar-refractivity contribution is 5.25. The van der Waals surface area contributed by atoms with Gasteiger partial charge in [-0.05, 0) is 56.6 Å². The number of aryl methyl sites for hydroxylation is 1. The molecule has 112 valence electrons. The summed E-state index contributed by atoms with van der Waals surface area (Å²) in [6, 6.07) is 9.86. The van der Waals surface area contributed by atoms with Crippen molar-refractivity contribution in [2.75, 3.05) is 0 Å². The fourth-order valence-corrected chi connectivity index (χ4v) is 3.12. The maximum Gasteiger partial charge on any atom is 0.0555 e. The predicted molar refractivity (Wildman–Crippen MR) is 84.9 cm³/mol.